The zero-order valence-corrected chi connectivity index (χ0v) is 13.1. The summed E-state index contributed by atoms with van der Waals surface area (Å²) in [6.45, 7) is 1.36. The van der Waals surface area contributed by atoms with Gasteiger partial charge in [0.25, 0.3) is 0 Å². The van der Waals surface area contributed by atoms with Crippen molar-refractivity contribution in [3.8, 4) is 0 Å². The van der Waals surface area contributed by atoms with Crippen LogP contribution in [0.15, 0.2) is 29.3 Å². The van der Waals surface area contributed by atoms with E-state index >= 15 is 0 Å². The minimum atomic E-state index is -3.79. The molecular weight excluding hydrogens is 314 g/mol. The third kappa shape index (κ3) is 3.55. The van der Waals surface area contributed by atoms with Gasteiger partial charge in [-0.3, -0.25) is 0 Å². The zero-order chi connectivity index (χ0) is 15.7. The van der Waals surface area contributed by atoms with Gasteiger partial charge in [0.2, 0.25) is 10.0 Å². The number of hydrogen-bond donors (Lipinski definition) is 3. The van der Waals surface area contributed by atoms with Crippen molar-refractivity contribution in [1.29, 1.82) is 0 Å². The van der Waals surface area contributed by atoms with E-state index in [1.165, 1.54) is 13.1 Å². The molecule has 0 atom stereocenters. The average Bonchev–Trinajstić information content (AvgIpc) is 2.82. The summed E-state index contributed by atoms with van der Waals surface area (Å²) in [6.07, 6.45) is 1.36. The van der Waals surface area contributed by atoms with Crippen LogP contribution in [0.5, 0.6) is 0 Å². The number of nitrogen functional groups attached to an aromatic ring is 1. The van der Waals surface area contributed by atoms with E-state index < -0.39 is 19.9 Å². The molecule has 0 aliphatic carbocycles. The molecule has 2 aromatic rings. The fourth-order valence-electron chi connectivity index (χ4n) is 1.89. The third-order valence-electron chi connectivity index (χ3n) is 3.10. The van der Waals surface area contributed by atoms with E-state index in [9.17, 15) is 16.8 Å². The molecule has 0 fully saturated rings. The Morgan fingerprint density at radius 2 is 1.95 bits per heavy atom. The number of rotatable bonds is 6. The van der Waals surface area contributed by atoms with Crippen LogP contribution in [-0.2, 0) is 19.9 Å². The first kappa shape index (κ1) is 15.8. The molecule has 0 unspecified atom stereocenters. The molecule has 0 aliphatic heterocycles. The molecule has 116 valence electrons. The van der Waals surface area contributed by atoms with E-state index in [0.29, 0.717) is 16.6 Å². The summed E-state index contributed by atoms with van der Waals surface area (Å²) in [5.41, 5.74) is 6.76. The maximum Gasteiger partial charge on any atom is 0.242 e. The van der Waals surface area contributed by atoms with Gasteiger partial charge in [-0.1, -0.05) is 6.92 Å². The van der Waals surface area contributed by atoms with Crippen LogP contribution in [0.1, 0.15) is 6.92 Å². The number of sulfone groups is 1. The summed E-state index contributed by atoms with van der Waals surface area (Å²) in [7, 11) is -7.01. The van der Waals surface area contributed by atoms with Crippen LogP contribution >= 0.6 is 0 Å². The first-order valence-corrected chi connectivity index (χ1v) is 9.62. The largest absolute Gasteiger partial charge is 0.399 e. The minimum Gasteiger partial charge on any atom is -0.399 e. The number of sulfonamides is 1. The van der Waals surface area contributed by atoms with E-state index in [1.54, 1.807) is 18.2 Å². The molecule has 21 heavy (non-hydrogen) atoms. The van der Waals surface area contributed by atoms with Gasteiger partial charge in [-0.2, -0.15) is 0 Å². The van der Waals surface area contributed by atoms with Crippen LogP contribution in [0.25, 0.3) is 10.9 Å². The number of anilines is 1. The van der Waals surface area contributed by atoms with Gasteiger partial charge in [-0.05, 0) is 18.2 Å². The van der Waals surface area contributed by atoms with E-state index in [2.05, 4.69) is 9.71 Å². The molecule has 2 rings (SSSR count). The van der Waals surface area contributed by atoms with Gasteiger partial charge < -0.3 is 10.7 Å². The molecule has 0 radical (unpaired) electrons. The topological polar surface area (TPSA) is 122 Å². The molecule has 9 heteroatoms. The summed E-state index contributed by atoms with van der Waals surface area (Å²) < 4.78 is 49.5. The lowest BCUT2D eigenvalue weighted by Gasteiger charge is -2.06. The Labute approximate surface area is 123 Å². The summed E-state index contributed by atoms with van der Waals surface area (Å²) in [4.78, 5) is 2.90. The summed E-state index contributed by atoms with van der Waals surface area (Å²) in [6, 6.07) is 4.91. The highest BCUT2D eigenvalue weighted by atomic mass is 32.2. The van der Waals surface area contributed by atoms with E-state index in [-0.39, 0.29) is 22.9 Å². The van der Waals surface area contributed by atoms with Gasteiger partial charge in [-0.15, -0.1) is 0 Å². The van der Waals surface area contributed by atoms with E-state index in [0.717, 1.165) is 0 Å². The number of aromatic nitrogens is 1. The SMILES string of the molecule is CCS(=O)(=O)CCNS(=O)(=O)c1c[nH]c2ccc(N)cc12. The molecule has 0 aliphatic rings. The molecule has 7 nitrogen and oxygen atoms in total. The van der Waals surface area contributed by atoms with Gasteiger partial charge in [0.05, 0.1) is 5.75 Å². The van der Waals surface area contributed by atoms with Crippen molar-refractivity contribution in [2.75, 3.05) is 23.8 Å². The number of aromatic amines is 1. The minimum absolute atomic E-state index is 0.0155. The lowest BCUT2D eigenvalue weighted by molar-refractivity contribution is 0.582. The predicted molar refractivity (Wildman–Crippen MR) is 82.2 cm³/mol. The lowest BCUT2D eigenvalue weighted by Crippen LogP contribution is -2.29. The molecule has 0 spiro atoms. The van der Waals surface area contributed by atoms with E-state index in [4.69, 9.17) is 5.73 Å². The molecule has 0 amide bonds. The van der Waals surface area contributed by atoms with Crippen molar-refractivity contribution in [3.05, 3.63) is 24.4 Å². The van der Waals surface area contributed by atoms with Crippen molar-refractivity contribution in [2.45, 2.75) is 11.8 Å². The van der Waals surface area contributed by atoms with Gasteiger partial charge in [0, 0.05) is 35.1 Å². The standard InChI is InChI=1S/C12H17N3O4S2/c1-2-20(16,17)6-5-15-21(18,19)12-8-14-11-4-3-9(13)7-10(11)12/h3-4,7-8,14-15H,2,5-6,13H2,1H3. The number of nitrogens with one attached hydrogen (secondary N) is 2. The third-order valence-corrected chi connectivity index (χ3v) is 6.31. The number of benzene rings is 1. The smallest absolute Gasteiger partial charge is 0.242 e. The highest BCUT2D eigenvalue weighted by Crippen LogP contribution is 2.24. The number of hydrogen-bond acceptors (Lipinski definition) is 5. The fraction of sp³-hybridized carbons (Fsp3) is 0.333. The first-order valence-electron chi connectivity index (χ1n) is 6.32. The predicted octanol–water partition coefficient (Wildman–Crippen LogP) is 0.463. The van der Waals surface area contributed by atoms with Crippen LogP contribution in [0, 0.1) is 0 Å². The Balaban J connectivity index is 2.24. The van der Waals surface area contributed by atoms with Crippen LogP contribution in [-0.4, -0.2) is 39.9 Å². The molecule has 1 aromatic carbocycles. The number of nitrogens with two attached hydrogens (primary N) is 1. The van der Waals surface area contributed by atoms with Gasteiger partial charge in [0.1, 0.15) is 4.90 Å². The molecule has 0 saturated heterocycles. The van der Waals surface area contributed by atoms with Crippen molar-refractivity contribution >= 4 is 36.5 Å². The summed E-state index contributed by atoms with van der Waals surface area (Å²) >= 11 is 0. The van der Waals surface area contributed by atoms with Crippen molar-refractivity contribution in [3.63, 3.8) is 0 Å². The lowest BCUT2D eigenvalue weighted by atomic mass is 10.2. The summed E-state index contributed by atoms with van der Waals surface area (Å²) in [5.74, 6) is -0.244. The summed E-state index contributed by atoms with van der Waals surface area (Å²) in [5, 5.41) is 0.473. The normalized spacial score (nSPS) is 12.8. The van der Waals surface area contributed by atoms with Crippen LogP contribution in [0.2, 0.25) is 0 Å². The fourth-order valence-corrected chi connectivity index (χ4v) is 3.92. The second kappa shape index (κ2) is 5.66. The maximum absolute atomic E-state index is 12.2. The highest BCUT2D eigenvalue weighted by Gasteiger charge is 2.19. The quantitative estimate of drug-likeness (QED) is 0.664. The Morgan fingerprint density at radius 1 is 1.24 bits per heavy atom. The van der Waals surface area contributed by atoms with Crippen molar-refractivity contribution < 1.29 is 16.8 Å². The molecule has 4 N–H and O–H groups in total. The number of fused-ring (bicyclic) bond motifs is 1. The monoisotopic (exact) mass is 331 g/mol. The van der Waals surface area contributed by atoms with Gasteiger partial charge >= 0.3 is 0 Å². The van der Waals surface area contributed by atoms with E-state index in [1.807, 2.05) is 0 Å². The van der Waals surface area contributed by atoms with Crippen molar-refractivity contribution in [1.82, 2.24) is 9.71 Å². The number of H-pyrrole nitrogens is 1. The van der Waals surface area contributed by atoms with Gasteiger partial charge in [0.15, 0.2) is 9.84 Å². The van der Waals surface area contributed by atoms with Crippen LogP contribution < -0.4 is 10.5 Å². The first-order chi connectivity index (χ1) is 9.75. The van der Waals surface area contributed by atoms with Gasteiger partial charge in [-0.25, -0.2) is 21.6 Å². The Kier molecular flexibility index (Phi) is 4.26. The molecule has 0 saturated carbocycles. The van der Waals surface area contributed by atoms with Crippen LogP contribution in [0.4, 0.5) is 5.69 Å². The Hall–Kier alpha value is -1.58. The second-order valence-corrected chi connectivity index (χ2v) is 8.80. The maximum atomic E-state index is 12.2. The molecule has 1 heterocycles. The Bertz CT molecular complexity index is 854. The molecule has 1 aromatic heterocycles. The average molecular weight is 331 g/mol. The molecular formula is C12H17N3O4S2. The second-order valence-electron chi connectivity index (χ2n) is 4.59. The zero-order valence-electron chi connectivity index (χ0n) is 11.5. The Morgan fingerprint density at radius 3 is 2.62 bits per heavy atom. The van der Waals surface area contributed by atoms with Crippen molar-refractivity contribution in [2.24, 2.45) is 0 Å². The highest BCUT2D eigenvalue weighted by molar-refractivity contribution is 7.91. The van der Waals surface area contributed by atoms with Crippen LogP contribution in [0.3, 0.4) is 0 Å². The molecule has 0 bridgehead atoms.